The first-order chi connectivity index (χ1) is 11.6. The predicted molar refractivity (Wildman–Crippen MR) is 91.0 cm³/mol. The van der Waals surface area contributed by atoms with E-state index >= 15 is 0 Å². The molecule has 1 amide bonds. The number of carbonyl (C=O) groups excluding carboxylic acids is 1. The predicted octanol–water partition coefficient (Wildman–Crippen LogP) is 1.18. The summed E-state index contributed by atoms with van der Waals surface area (Å²) in [5.74, 6) is 0.506. The molecule has 0 spiro atoms. The second kappa shape index (κ2) is 11.5. The van der Waals surface area contributed by atoms with Gasteiger partial charge in [-0.1, -0.05) is 6.07 Å². The number of nitrogens with one attached hydrogen (secondary N) is 1. The summed E-state index contributed by atoms with van der Waals surface area (Å²) >= 11 is 0. The van der Waals surface area contributed by atoms with Gasteiger partial charge < -0.3 is 20.1 Å². The normalized spacial score (nSPS) is 15.2. The third-order valence-electron chi connectivity index (χ3n) is 4.09. The number of pyridine rings is 1. The summed E-state index contributed by atoms with van der Waals surface area (Å²) in [4.78, 5) is 27.0. The minimum atomic E-state index is -0.250. The molecule has 2 N–H and O–H groups in total. The van der Waals surface area contributed by atoms with Crippen LogP contribution in [0.5, 0.6) is 0 Å². The van der Waals surface area contributed by atoms with Crippen LogP contribution < -0.4 is 5.32 Å². The summed E-state index contributed by atoms with van der Waals surface area (Å²) in [6, 6.07) is 3.76. The van der Waals surface area contributed by atoms with Crippen molar-refractivity contribution < 1.29 is 19.4 Å². The maximum atomic E-state index is 12.1. The zero-order valence-electron chi connectivity index (χ0n) is 14.4. The number of hydrogen-bond donors (Lipinski definition) is 2. The highest BCUT2D eigenvalue weighted by Gasteiger charge is 2.20. The van der Waals surface area contributed by atoms with Crippen molar-refractivity contribution in [3.05, 3.63) is 29.6 Å². The van der Waals surface area contributed by atoms with Gasteiger partial charge in [-0.2, -0.15) is 0 Å². The number of carbonyl (C=O) groups is 2. The number of methoxy groups -OCH3 is 1. The molecular weight excluding hydrogens is 310 g/mol. The fourth-order valence-electron chi connectivity index (χ4n) is 2.68. The molecule has 0 aliphatic carbocycles. The molecule has 0 saturated carbocycles. The van der Waals surface area contributed by atoms with Crippen molar-refractivity contribution in [2.24, 2.45) is 5.92 Å². The summed E-state index contributed by atoms with van der Waals surface area (Å²) in [7, 11) is 1.74. The van der Waals surface area contributed by atoms with Gasteiger partial charge in [-0.3, -0.25) is 14.6 Å². The van der Waals surface area contributed by atoms with Gasteiger partial charge in [-0.25, -0.2) is 0 Å². The van der Waals surface area contributed by atoms with Crippen LogP contribution in [0.1, 0.15) is 28.9 Å². The van der Waals surface area contributed by atoms with Gasteiger partial charge in [0.1, 0.15) is 5.69 Å². The van der Waals surface area contributed by atoms with E-state index in [0.717, 1.165) is 51.2 Å². The fraction of sp³-hybridized carbons (Fsp3) is 0.588. The van der Waals surface area contributed by atoms with E-state index in [0.29, 0.717) is 11.6 Å². The van der Waals surface area contributed by atoms with Crippen LogP contribution in [0.25, 0.3) is 0 Å². The van der Waals surface area contributed by atoms with Gasteiger partial charge in [0, 0.05) is 26.4 Å². The van der Waals surface area contributed by atoms with Crippen molar-refractivity contribution in [1.29, 1.82) is 0 Å². The van der Waals surface area contributed by atoms with Crippen LogP contribution in [-0.2, 0) is 9.53 Å². The monoisotopic (exact) mass is 337 g/mol. The molecule has 1 aliphatic heterocycles. The van der Waals surface area contributed by atoms with Crippen molar-refractivity contribution in [1.82, 2.24) is 15.2 Å². The summed E-state index contributed by atoms with van der Waals surface area (Å²) in [6.45, 7) is 6.38. The van der Waals surface area contributed by atoms with E-state index in [1.165, 1.54) is 0 Å². The molecule has 0 atom stereocenters. The average Bonchev–Trinajstić information content (AvgIpc) is 2.60. The molecule has 1 saturated heterocycles. The molecule has 0 bridgehead atoms. The van der Waals surface area contributed by atoms with E-state index in [2.05, 4.69) is 15.2 Å². The number of nitrogens with zero attached hydrogens (tertiary/aromatic N) is 2. The lowest BCUT2D eigenvalue weighted by molar-refractivity contribution is -0.122. The molecule has 0 aromatic carbocycles. The third kappa shape index (κ3) is 7.06. The SMILES string of the molecule is COCCN1CCC(CNC(=O)c2ncccc2C)CC1.O=CO. The Morgan fingerprint density at radius 1 is 1.50 bits per heavy atom. The Balaban J connectivity index is 0.000000891. The summed E-state index contributed by atoms with van der Waals surface area (Å²) in [5, 5.41) is 9.91. The maximum Gasteiger partial charge on any atom is 0.290 e. The molecular formula is C17H27N3O4. The van der Waals surface area contributed by atoms with Crippen molar-refractivity contribution >= 4 is 12.4 Å². The minimum absolute atomic E-state index is 0.0603. The zero-order valence-corrected chi connectivity index (χ0v) is 14.4. The molecule has 7 heteroatoms. The highest BCUT2D eigenvalue weighted by Crippen LogP contribution is 2.16. The highest BCUT2D eigenvalue weighted by atomic mass is 16.5. The summed E-state index contributed by atoms with van der Waals surface area (Å²) in [6.07, 6.45) is 3.92. The quantitative estimate of drug-likeness (QED) is 0.758. The number of amides is 1. The maximum absolute atomic E-state index is 12.1. The van der Waals surface area contributed by atoms with E-state index in [4.69, 9.17) is 14.6 Å². The number of piperidine rings is 1. The first kappa shape index (κ1) is 20.1. The molecule has 1 aromatic rings. The molecule has 1 aromatic heterocycles. The Hall–Kier alpha value is -1.99. The molecule has 7 nitrogen and oxygen atoms in total. The number of rotatable bonds is 6. The molecule has 0 unspecified atom stereocenters. The number of aromatic nitrogens is 1. The van der Waals surface area contributed by atoms with Crippen molar-refractivity contribution in [2.45, 2.75) is 19.8 Å². The fourth-order valence-corrected chi connectivity index (χ4v) is 2.68. The molecule has 2 rings (SSSR count). The lowest BCUT2D eigenvalue weighted by Gasteiger charge is -2.31. The number of hydrogen-bond acceptors (Lipinski definition) is 5. The van der Waals surface area contributed by atoms with Gasteiger partial charge in [0.2, 0.25) is 0 Å². The topological polar surface area (TPSA) is 91.8 Å². The van der Waals surface area contributed by atoms with Crippen LogP contribution in [0.2, 0.25) is 0 Å². The molecule has 0 radical (unpaired) electrons. The number of aryl methyl sites for hydroxylation is 1. The van der Waals surface area contributed by atoms with Crippen molar-refractivity contribution in [3.8, 4) is 0 Å². The second-order valence-corrected chi connectivity index (χ2v) is 5.76. The molecule has 24 heavy (non-hydrogen) atoms. The molecule has 1 aliphatic rings. The van der Waals surface area contributed by atoms with Crippen LogP contribution in [0.3, 0.4) is 0 Å². The van der Waals surface area contributed by atoms with Gasteiger partial charge in [0.15, 0.2) is 0 Å². The van der Waals surface area contributed by atoms with Gasteiger partial charge in [-0.15, -0.1) is 0 Å². The van der Waals surface area contributed by atoms with Crippen LogP contribution >= 0.6 is 0 Å². The minimum Gasteiger partial charge on any atom is -0.483 e. The lowest BCUT2D eigenvalue weighted by atomic mass is 9.96. The standard InChI is InChI=1S/C16H25N3O2.CH2O2/c1-13-4-3-7-17-15(13)16(20)18-12-14-5-8-19(9-6-14)10-11-21-2;2-1-3/h3-4,7,14H,5-6,8-12H2,1-2H3,(H,18,20);1H,(H,2,3). The van der Waals surface area contributed by atoms with Gasteiger partial charge >= 0.3 is 0 Å². The third-order valence-corrected chi connectivity index (χ3v) is 4.09. The van der Waals surface area contributed by atoms with E-state index in [1.807, 2.05) is 19.1 Å². The molecule has 134 valence electrons. The largest absolute Gasteiger partial charge is 0.483 e. The van der Waals surface area contributed by atoms with E-state index < -0.39 is 0 Å². The Morgan fingerprint density at radius 2 is 2.17 bits per heavy atom. The van der Waals surface area contributed by atoms with E-state index in [9.17, 15) is 4.79 Å². The first-order valence-electron chi connectivity index (χ1n) is 8.11. The molecule has 2 heterocycles. The van der Waals surface area contributed by atoms with Gasteiger partial charge in [0.25, 0.3) is 12.4 Å². The lowest BCUT2D eigenvalue weighted by Crippen LogP contribution is -2.40. The van der Waals surface area contributed by atoms with E-state index in [1.54, 1.807) is 13.3 Å². The number of carboxylic acid groups (broad SMARTS) is 1. The molecule has 1 fully saturated rings. The zero-order chi connectivity index (χ0) is 17.8. The second-order valence-electron chi connectivity index (χ2n) is 5.76. The first-order valence-corrected chi connectivity index (χ1v) is 8.11. The van der Waals surface area contributed by atoms with Crippen LogP contribution in [0.4, 0.5) is 0 Å². The van der Waals surface area contributed by atoms with E-state index in [-0.39, 0.29) is 12.4 Å². The van der Waals surface area contributed by atoms with Gasteiger partial charge in [-0.05, 0) is 50.4 Å². The number of likely N-dealkylation sites (tertiary alicyclic amines) is 1. The Morgan fingerprint density at radius 3 is 2.75 bits per heavy atom. The Kier molecular flexibility index (Phi) is 9.64. The van der Waals surface area contributed by atoms with Crippen LogP contribution in [-0.4, -0.2) is 67.3 Å². The van der Waals surface area contributed by atoms with Crippen LogP contribution in [0.15, 0.2) is 18.3 Å². The number of ether oxygens (including phenoxy) is 1. The van der Waals surface area contributed by atoms with Crippen molar-refractivity contribution in [3.63, 3.8) is 0 Å². The van der Waals surface area contributed by atoms with Crippen molar-refractivity contribution in [2.75, 3.05) is 39.9 Å². The highest BCUT2D eigenvalue weighted by molar-refractivity contribution is 5.93. The Labute approximate surface area is 143 Å². The average molecular weight is 337 g/mol. The smallest absolute Gasteiger partial charge is 0.290 e. The van der Waals surface area contributed by atoms with Crippen LogP contribution in [0, 0.1) is 12.8 Å². The summed E-state index contributed by atoms with van der Waals surface area (Å²) in [5.41, 5.74) is 1.46. The summed E-state index contributed by atoms with van der Waals surface area (Å²) < 4.78 is 5.10. The Bertz CT molecular complexity index is 502. The van der Waals surface area contributed by atoms with Gasteiger partial charge in [0.05, 0.1) is 6.61 Å².